The van der Waals surface area contributed by atoms with E-state index in [2.05, 4.69) is 9.80 Å². The molecule has 1 aromatic carbocycles. The summed E-state index contributed by atoms with van der Waals surface area (Å²) >= 11 is 0. The molecular formula is C19H28N2O3. The van der Waals surface area contributed by atoms with Crippen molar-refractivity contribution in [1.82, 2.24) is 9.80 Å². The minimum absolute atomic E-state index is 0.569. The van der Waals surface area contributed by atoms with E-state index in [1.807, 2.05) is 25.1 Å². The van der Waals surface area contributed by atoms with Crippen LogP contribution in [0.4, 0.5) is 0 Å². The van der Waals surface area contributed by atoms with Gasteiger partial charge in [-0.1, -0.05) is 25.0 Å². The fourth-order valence-electron chi connectivity index (χ4n) is 4.21. The first-order valence-corrected chi connectivity index (χ1v) is 8.95. The molecule has 1 atom stereocenters. The number of carbonyl (C=O) groups is 1. The van der Waals surface area contributed by atoms with Crippen molar-refractivity contribution in [2.24, 2.45) is 0 Å². The standard InChI is InChI=1S/C19H28N2O3/c1-14-13-15(7-8-17(14)24-2)18(19(22)23)21-11-9-20(10-12-21)16-5-3-4-6-16/h7-8,13,16,18H,3-6,9-12H2,1-2H3,(H,22,23)/t18-/m1/s1. The number of carboxylic acids is 1. The summed E-state index contributed by atoms with van der Waals surface area (Å²) in [7, 11) is 1.64. The number of ether oxygens (including phenoxy) is 1. The number of aryl methyl sites for hydroxylation is 1. The number of hydrogen-bond donors (Lipinski definition) is 1. The van der Waals surface area contributed by atoms with Gasteiger partial charge >= 0.3 is 5.97 Å². The van der Waals surface area contributed by atoms with Gasteiger partial charge in [-0.2, -0.15) is 0 Å². The Hall–Kier alpha value is -1.59. The highest BCUT2D eigenvalue weighted by Crippen LogP contribution is 2.29. The van der Waals surface area contributed by atoms with E-state index >= 15 is 0 Å². The van der Waals surface area contributed by atoms with Crippen LogP contribution in [0.5, 0.6) is 5.75 Å². The quantitative estimate of drug-likeness (QED) is 0.898. The summed E-state index contributed by atoms with van der Waals surface area (Å²) in [6.07, 6.45) is 5.29. The maximum atomic E-state index is 11.9. The Labute approximate surface area is 144 Å². The highest BCUT2D eigenvalue weighted by atomic mass is 16.5. The average molecular weight is 332 g/mol. The van der Waals surface area contributed by atoms with Gasteiger partial charge in [-0.3, -0.25) is 14.6 Å². The number of aliphatic carboxylic acids is 1. The van der Waals surface area contributed by atoms with E-state index < -0.39 is 12.0 Å². The lowest BCUT2D eigenvalue weighted by atomic mass is 10.0. The molecule has 2 fully saturated rings. The predicted molar refractivity (Wildman–Crippen MR) is 93.5 cm³/mol. The van der Waals surface area contributed by atoms with Gasteiger partial charge in [-0.15, -0.1) is 0 Å². The average Bonchev–Trinajstić information content (AvgIpc) is 3.10. The number of methoxy groups -OCH3 is 1. The summed E-state index contributed by atoms with van der Waals surface area (Å²) in [4.78, 5) is 16.6. The van der Waals surface area contributed by atoms with Gasteiger partial charge in [0.25, 0.3) is 0 Å². The van der Waals surface area contributed by atoms with Gasteiger partial charge < -0.3 is 9.84 Å². The summed E-state index contributed by atoms with van der Waals surface area (Å²) in [5, 5.41) is 9.79. The molecular weight excluding hydrogens is 304 g/mol. The van der Waals surface area contributed by atoms with Crippen molar-refractivity contribution in [1.29, 1.82) is 0 Å². The largest absolute Gasteiger partial charge is 0.496 e. The second-order valence-electron chi connectivity index (χ2n) is 6.98. The molecule has 132 valence electrons. The van der Waals surface area contributed by atoms with Crippen molar-refractivity contribution < 1.29 is 14.6 Å². The van der Waals surface area contributed by atoms with E-state index in [9.17, 15) is 9.90 Å². The number of carboxylic acid groups (broad SMARTS) is 1. The van der Waals surface area contributed by atoms with Crippen LogP contribution in [-0.2, 0) is 4.79 Å². The highest BCUT2D eigenvalue weighted by molar-refractivity contribution is 5.75. The zero-order chi connectivity index (χ0) is 17.1. The Kier molecular flexibility index (Phi) is 5.41. The fraction of sp³-hybridized carbons (Fsp3) is 0.632. The number of hydrogen-bond acceptors (Lipinski definition) is 4. The van der Waals surface area contributed by atoms with Crippen molar-refractivity contribution in [2.45, 2.75) is 44.7 Å². The van der Waals surface area contributed by atoms with Crippen LogP contribution in [0.25, 0.3) is 0 Å². The molecule has 0 amide bonds. The van der Waals surface area contributed by atoms with Gasteiger partial charge in [0.15, 0.2) is 0 Å². The monoisotopic (exact) mass is 332 g/mol. The zero-order valence-corrected chi connectivity index (χ0v) is 14.7. The van der Waals surface area contributed by atoms with Crippen molar-refractivity contribution >= 4 is 5.97 Å². The first-order chi connectivity index (χ1) is 11.6. The summed E-state index contributed by atoms with van der Waals surface area (Å²) in [5.41, 5.74) is 1.82. The Morgan fingerprint density at radius 2 is 1.88 bits per heavy atom. The lowest BCUT2D eigenvalue weighted by molar-refractivity contribution is -0.144. The molecule has 0 bridgehead atoms. The Morgan fingerprint density at radius 1 is 1.21 bits per heavy atom. The summed E-state index contributed by atoms with van der Waals surface area (Å²) in [6, 6.07) is 5.85. The first kappa shape index (κ1) is 17.2. The maximum Gasteiger partial charge on any atom is 0.325 e. The van der Waals surface area contributed by atoms with Crippen LogP contribution in [0, 0.1) is 6.92 Å². The van der Waals surface area contributed by atoms with Crippen molar-refractivity contribution in [3.05, 3.63) is 29.3 Å². The van der Waals surface area contributed by atoms with Crippen molar-refractivity contribution in [2.75, 3.05) is 33.3 Å². The molecule has 0 unspecified atom stereocenters. The molecule has 1 saturated carbocycles. The van der Waals surface area contributed by atoms with E-state index in [0.29, 0.717) is 0 Å². The minimum atomic E-state index is -0.770. The van der Waals surface area contributed by atoms with E-state index in [1.54, 1.807) is 7.11 Å². The normalized spacial score (nSPS) is 21.8. The van der Waals surface area contributed by atoms with Gasteiger partial charge in [-0.05, 0) is 37.0 Å². The lowest BCUT2D eigenvalue weighted by Gasteiger charge is -2.40. The van der Waals surface area contributed by atoms with Crippen LogP contribution in [0.3, 0.4) is 0 Å². The second kappa shape index (κ2) is 7.53. The Bertz CT molecular complexity index is 576. The number of benzene rings is 1. The molecule has 1 N–H and O–H groups in total. The maximum absolute atomic E-state index is 11.9. The number of rotatable bonds is 5. The third-order valence-electron chi connectivity index (χ3n) is 5.52. The molecule has 1 aliphatic heterocycles. The van der Waals surface area contributed by atoms with Crippen LogP contribution in [0.1, 0.15) is 42.9 Å². The predicted octanol–water partition coefficient (Wildman–Crippen LogP) is 2.69. The molecule has 2 aliphatic rings. The van der Waals surface area contributed by atoms with Gasteiger partial charge in [0.1, 0.15) is 11.8 Å². The molecule has 1 saturated heterocycles. The molecule has 3 rings (SSSR count). The van der Waals surface area contributed by atoms with Crippen molar-refractivity contribution in [3.63, 3.8) is 0 Å². The molecule has 0 aromatic heterocycles. The molecule has 5 heteroatoms. The van der Waals surface area contributed by atoms with Crippen LogP contribution >= 0.6 is 0 Å². The molecule has 0 radical (unpaired) electrons. The van der Waals surface area contributed by atoms with Crippen molar-refractivity contribution in [3.8, 4) is 5.75 Å². The second-order valence-corrected chi connectivity index (χ2v) is 6.98. The van der Waals surface area contributed by atoms with E-state index in [4.69, 9.17) is 4.74 Å². The number of piperazine rings is 1. The molecule has 1 aliphatic carbocycles. The summed E-state index contributed by atoms with van der Waals surface area (Å²) in [5.74, 6) is 0.0304. The SMILES string of the molecule is COc1ccc([C@H](C(=O)O)N2CCN(C3CCCC3)CC2)cc1C. The van der Waals surface area contributed by atoms with Crippen LogP contribution in [-0.4, -0.2) is 60.2 Å². The van der Waals surface area contributed by atoms with Crippen LogP contribution in [0.2, 0.25) is 0 Å². The summed E-state index contributed by atoms with van der Waals surface area (Å²) in [6.45, 7) is 5.55. The molecule has 5 nitrogen and oxygen atoms in total. The van der Waals surface area contributed by atoms with Gasteiger partial charge in [0, 0.05) is 32.2 Å². The molecule has 1 heterocycles. The Morgan fingerprint density at radius 3 is 2.42 bits per heavy atom. The van der Waals surface area contributed by atoms with Gasteiger partial charge in [0.2, 0.25) is 0 Å². The van der Waals surface area contributed by atoms with E-state index in [0.717, 1.165) is 49.1 Å². The smallest absolute Gasteiger partial charge is 0.325 e. The van der Waals surface area contributed by atoms with Crippen LogP contribution in [0.15, 0.2) is 18.2 Å². The molecule has 24 heavy (non-hydrogen) atoms. The molecule has 0 spiro atoms. The third kappa shape index (κ3) is 3.57. The highest BCUT2D eigenvalue weighted by Gasteiger charge is 2.33. The lowest BCUT2D eigenvalue weighted by Crippen LogP contribution is -2.51. The first-order valence-electron chi connectivity index (χ1n) is 8.95. The zero-order valence-electron chi connectivity index (χ0n) is 14.7. The van der Waals surface area contributed by atoms with Crippen LogP contribution < -0.4 is 4.74 Å². The fourth-order valence-corrected chi connectivity index (χ4v) is 4.21. The summed E-state index contributed by atoms with van der Waals surface area (Å²) < 4.78 is 5.29. The topological polar surface area (TPSA) is 53.0 Å². The minimum Gasteiger partial charge on any atom is -0.496 e. The number of nitrogens with zero attached hydrogens (tertiary/aromatic N) is 2. The van der Waals surface area contributed by atoms with E-state index in [-0.39, 0.29) is 0 Å². The Balaban J connectivity index is 1.70. The van der Waals surface area contributed by atoms with Gasteiger partial charge in [0.05, 0.1) is 7.11 Å². The third-order valence-corrected chi connectivity index (χ3v) is 5.52. The van der Waals surface area contributed by atoms with Gasteiger partial charge in [-0.25, -0.2) is 0 Å². The van der Waals surface area contributed by atoms with E-state index in [1.165, 1.54) is 25.7 Å². The molecule has 1 aromatic rings.